The molecule has 6 nitrogen and oxygen atoms in total. The van der Waals surface area contributed by atoms with Crippen molar-refractivity contribution in [1.82, 2.24) is 5.16 Å². The molecule has 3 aromatic rings. The molecule has 1 aromatic heterocycles. The minimum Gasteiger partial charge on any atom is -0.358 e. The molecule has 1 heterocycles. The molecule has 2 aromatic carbocycles. The minimum atomic E-state index is -3.79. The summed E-state index contributed by atoms with van der Waals surface area (Å²) >= 11 is 5.93. The van der Waals surface area contributed by atoms with Gasteiger partial charge >= 0.3 is 10.0 Å². The summed E-state index contributed by atoms with van der Waals surface area (Å²) in [5.41, 5.74) is 1.58. The molecule has 0 aliphatic heterocycles. The maximum absolute atomic E-state index is 12.7. The quantitative estimate of drug-likeness (QED) is 0.527. The Kier molecular flexibility index (Phi) is 5.11. The summed E-state index contributed by atoms with van der Waals surface area (Å²) < 4.78 is 33.1. The number of halogens is 1. The Morgan fingerprint density at radius 1 is 1.08 bits per heavy atom. The lowest BCUT2D eigenvalue weighted by molar-refractivity contribution is -0.266. The number of amidine groups is 1. The zero-order valence-corrected chi connectivity index (χ0v) is 15.7. The highest BCUT2D eigenvalue weighted by Crippen LogP contribution is 2.12. The van der Waals surface area contributed by atoms with Gasteiger partial charge in [0.05, 0.1) is 5.56 Å². The molecule has 0 spiro atoms. The maximum atomic E-state index is 12.7. The van der Waals surface area contributed by atoms with Crippen LogP contribution in [0, 0.1) is 13.8 Å². The maximum Gasteiger partial charge on any atom is 0.328 e. The van der Waals surface area contributed by atoms with E-state index in [9.17, 15) is 8.42 Å². The third-order valence-electron chi connectivity index (χ3n) is 3.58. The Labute approximate surface area is 156 Å². The number of hydrogen-bond acceptors (Lipinski definition) is 4. The van der Waals surface area contributed by atoms with Gasteiger partial charge in [-0.05, 0) is 55.4 Å². The molecule has 0 fully saturated rings. The van der Waals surface area contributed by atoms with Crippen LogP contribution < -0.4 is 9.71 Å². The number of aryl methyl sites for hydroxylation is 2. The molecule has 0 bridgehead atoms. The van der Waals surface area contributed by atoms with Crippen molar-refractivity contribution < 1.29 is 17.3 Å². The van der Waals surface area contributed by atoms with Crippen molar-refractivity contribution in [3.8, 4) is 0 Å². The molecule has 0 saturated heterocycles. The molecule has 0 amide bonds. The summed E-state index contributed by atoms with van der Waals surface area (Å²) in [6.07, 6.45) is 0. The van der Waals surface area contributed by atoms with E-state index in [4.69, 9.17) is 16.1 Å². The number of anilines is 1. The smallest absolute Gasteiger partial charge is 0.328 e. The molecule has 0 radical (unpaired) electrons. The van der Waals surface area contributed by atoms with E-state index in [1.165, 1.54) is 0 Å². The number of nitrogens with zero attached hydrogens (tertiary/aromatic N) is 1. The largest absolute Gasteiger partial charge is 0.358 e. The number of sulfonamides is 1. The van der Waals surface area contributed by atoms with Crippen LogP contribution in [0.5, 0.6) is 0 Å². The summed E-state index contributed by atoms with van der Waals surface area (Å²) in [6, 6.07) is 15.0. The van der Waals surface area contributed by atoms with Crippen molar-refractivity contribution in [1.29, 1.82) is 0 Å². The van der Waals surface area contributed by atoms with Crippen molar-refractivity contribution in [3.63, 3.8) is 0 Å². The summed E-state index contributed by atoms with van der Waals surface area (Å²) in [6.45, 7) is 3.64. The highest BCUT2D eigenvalue weighted by atomic mass is 35.5. The van der Waals surface area contributed by atoms with Crippen LogP contribution in [-0.4, -0.2) is 19.4 Å². The first-order chi connectivity index (χ1) is 12.3. The Balaban J connectivity index is 2.04. The van der Waals surface area contributed by atoms with E-state index in [1.807, 2.05) is 6.92 Å². The van der Waals surface area contributed by atoms with Gasteiger partial charge in [-0.15, -0.1) is 0 Å². The van der Waals surface area contributed by atoms with Gasteiger partial charge in [0.25, 0.3) is 11.7 Å². The Hall–Kier alpha value is -2.64. The molecular formula is C18H17ClN3O3S+. The zero-order chi connectivity index (χ0) is 18.7. The number of hydrogen-bond donors (Lipinski definition) is 2. The molecule has 0 aliphatic rings. The number of nitrogens with one attached hydrogen (secondary N) is 2. The lowest BCUT2D eigenvalue weighted by atomic mass is 10.2. The van der Waals surface area contributed by atoms with E-state index in [1.54, 1.807) is 61.5 Å². The highest BCUT2D eigenvalue weighted by Gasteiger charge is 2.21. The van der Waals surface area contributed by atoms with Crippen LogP contribution in [0.1, 0.15) is 16.9 Å². The van der Waals surface area contributed by atoms with Crippen LogP contribution >= 0.6 is 11.6 Å². The second-order valence-electron chi connectivity index (χ2n) is 5.75. The van der Waals surface area contributed by atoms with Gasteiger partial charge in [0.2, 0.25) is 0 Å². The minimum absolute atomic E-state index is 0.160. The zero-order valence-electron chi connectivity index (χ0n) is 14.2. The van der Waals surface area contributed by atoms with E-state index >= 15 is 0 Å². The van der Waals surface area contributed by atoms with Crippen LogP contribution in [0.15, 0.2) is 64.0 Å². The van der Waals surface area contributed by atoms with E-state index < -0.39 is 10.0 Å². The first-order valence-corrected chi connectivity index (χ1v) is 9.62. The van der Waals surface area contributed by atoms with Gasteiger partial charge in [-0.1, -0.05) is 29.3 Å². The standard InChI is InChI=1S/C18H16ClN3O3S/c1-12-3-9-16(10-4-12)26(23,24)22-18(14-5-7-15(19)8-6-14)20-17-11-13(2)25-21-17/h3-11H,1-2H3,(H,20,21,22)/p+1. The second kappa shape index (κ2) is 7.31. The van der Waals surface area contributed by atoms with Crippen LogP contribution in [0.25, 0.3) is 0 Å². The summed E-state index contributed by atoms with van der Waals surface area (Å²) in [5.74, 6) is 1.24. The van der Waals surface area contributed by atoms with Gasteiger partial charge in [-0.2, -0.15) is 12.8 Å². The van der Waals surface area contributed by atoms with E-state index in [0.717, 1.165) is 5.56 Å². The number of aromatic nitrogens is 1. The molecule has 8 heteroatoms. The molecule has 3 rings (SSSR count). The monoisotopic (exact) mass is 390 g/mol. The first kappa shape index (κ1) is 18.2. The van der Waals surface area contributed by atoms with Crippen molar-refractivity contribution >= 4 is 33.3 Å². The Morgan fingerprint density at radius 3 is 2.31 bits per heavy atom. The normalized spacial score (nSPS) is 12.2. The van der Waals surface area contributed by atoms with Crippen LogP contribution in [0.3, 0.4) is 0 Å². The van der Waals surface area contributed by atoms with Gasteiger partial charge in [0.1, 0.15) is 10.7 Å². The van der Waals surface area contributed by atoms with E-state index in [-0.39, 0.29) is 10.7 Å². The van der Waals surface area contributed by atoms with Crippen molar-refractivity contribution in [2.45, 2.75) is 18.7 Å². The van der Waals surface area contributed by atoms with Crippen molar-refractivity contribution in [3.05, 3.63) is 76.5 Å². The average molecular weight is 391 g/mol. The fourth-order valence-electron chi connectivity index (χ4n) is 2.24. The van der Waals surface area contributed by atoms with Gasteiger partial charge in [-0.3, -0.25) is 0 Å². The lowest BCUT2D eigenvalue weighted by Gasteiger charge is -2.03. The Bertz CT molecular complexity index is 1040. The molecule has 0 aliphatic carbocycles. The molecule has 0 atom stereocenters. The van der Waals surface area contributed by atoms with Crippen LogP contribution in [0.2, 0.25) is 5.02 Å². The molecular weight excluding hydrogens is 374 g/mol. The SMILES string of the molecule is Cc1ccc(S(=O)(=O)[NH+]=C(Nc2cc(C)on2)c2ccc(Cl)cc2)cc1. The molecule has 134 valence electrons. The third kappa shape index (κ3) is 4.30. The van der Waals surface area contributed by atoms with Crippen LogP contribution in [-0.2, 0) is 10.0 Å². The second-order valence-corrected chi connectivity index (χ2v) is 7.87. The molecule has 0 saturated carbocycles. The van der Waals surface area contributed by atoms with Crippen molar-refractivity contribution in [2.75, 3.05) is 5.32 Å². The first-order valence-electron chi connectivity index (χ1n) is 7.76. The summed E-state index contributed by atoms with van der Waals surface area (Å²) in [4.78, 5) is 0.160. The van der Waals surface area contributed by atoms with Gasteiger partial charge in [0.15, 0.2) is 0 Å². The van der Waals surface area contributed by atoms with E-state index in [0.29, 0.717) is 22.2 Å². The molecule has 2 N–H and O–H groups in total. The number of benzene rings is 2. The highest BCUT2D eigenvalue weighted by molar-refractivity contribution is 7.84. The fourth-order valence-corrected chi connectivity index (χ4v) is 3.41. The summed E-state index contributed by atoms with van der Waals surface area (Å²) in [7, 11) is -3.79. The molecule has 0 unspecified atom stereocenters. The van der Waals surface area contributed by atoms with Crippen molar-refractivity contribution in [2.24, 2.45) is 0 Å². The van der Waals surface area contributed by atoms with E-state index in [2.05, 4.69) is 14.9 Å². The van der Waals surface area contributed by atoms with Gasteiger partial charge < -0.3 is 4.52 Å². The lowest BCUT2D eigenvalue weighted by Crippen LogP contribution is -2.78. The van der Waals surface area contributed by atoms with Crippen LogP contribution in [0.4, 0.5) is 5.82 Å². The number of rotatable bonds is 4. The molecule has 26 heavy (non-hydrogen) atoms. The Morgan fingerprint density at radius 2 is 1.73 bits per heavy atom. The topological polar surface area (TPSA) is 86.2 Å². The fraction of sp³-hybridized carbons (Fsp3) is 0.111. The predicted octanol–water partition coefficient (Wildman–Crippen LogP) is 2.27. The third-order valence-corrected chi connectivity index (χ3v) is 5.20. The average Bonchev–Trinajstić information content (AvgIpc) is 3.00. The van der Waals surface area contributed by atoms with Gasteiger partial charge in [0, 0.05) is 11.1 Å². The predicted molar refractivity (Wildman–Crippen MR) is 99.8 cm³/mol. The van der Waals surface area contributed by atoms with Gasteiger partial charge in [-0.25, -0.2) is 5.32 Å². The summed E-state index contributed by atoms with van der Waals surface area (Å²) in [5, 5.41) is 7.34.